The summed E-state index contributed by atoms with van der Waals surface area (Å²) in [6.45, 7) is 12.3. The smallest absolute Gasteiger partial charge is 0.312 e. The zero-order valence-corrected chi connectivity index (χ0v) is 28.6. The number of para-hydroxylation sites is 1. The zero-order valence-electron chi connectivity index (χ0n) is 26.5. The summed E-state index contributed by atoms with van der Waals surface area (Å²) in [4.78, 5) is 39.9. The lowest BCUT2D eigenvalue weighted by Gasteiger charge is -2.38. The van der Waals surface area contributed by atoms with E-state index in [1.807, 2.05) is 63.5 Å². The number of ether oxygens (including phenoxy) is 3. The van der Waals surface area contributed by atoms with Gasteiger partial charge in [-0.3, -0.25) is 14.4 Å². The lowest BCUT2D eigenvalue weighted by atomic mass is 9.70. The first kappa shape index (κ1) is 33.1. The number of anilines is 1. The van der Waals surface area contributed by atoms with Gasteiger partial charge in [-0.05, 0) is 108 Å². The summed E-state index contributed by atoms with van der Waals surface area (Å²) in [6, 6.07) is 10.7. The van der Waals surface area contributed by atoms with Gasteiger partial charge in [-0.1, -0.05) is 25.5 Å². The van der Waals surface area contributed by atoms with Gasteiger partial charge >= 0.3 is 5.97 Å². The predicted octanol–water partition coefficient (Wildman–Crippen LogP) is 7.59. The van der Waals surface area contributed by atoms with Crippen molar-refractivity contribution >= 4 is 46.3 Å². The van der Waals surface area contributed by atoms with Gasteiger partial charge in [-0.25, -0.2) is 3.11 Å². The van der Waals surface area contributed by atoms with E-state index in [0.29, 0.717) is 60.5 Å². The zero-order chi connectivity index (χ0) is 31.6. The number of carbonyl (C=O) groups excluding carboxylic acids is 3. The van der Waals surface area contributed by atoms with Crippen molar-refractivity contribution in [3.8, 4) is 11.5 Å². The second-order valence-corrected chi connectivity index (χ2v) is 14.6. The van der Waals surface area contributed by atoms with Crippen molar-refractivity contribution in [2.24, 2.45) is 10.8 Å². The molecule has 0 spiro atoms. The van der Waals surface area contributed by atoms with Gasteiger partial charge in [-0.15, -0.1) is 0 Å². The van der Waals surface area contributed by atoms with Crippen molar-refractivity contribution in [3.63, 3.8) is 0 Å². The number of carbonyl (C=O) groups is 3. The number of nitrogens with one attached hydrogen (secondary N) is 1. The Morgan fingerprint density at radius 2 is 1.65 bits per heavy atom. The molecule has 0 unspecified atom stereocenters. The minimum absolute atomic E-state index is 0.0942. The number of benzene rings is 2. The highest BCUT2D eigenvalue weighted by molar-refractivity contribution is 14.1. The molecule has 2 fully saturated rings. The van der Waals surface area contributed by atoms with E-state index in [-0.39, 0.29) is 29.3 Å². The van der Waals surface area contributed by atoms with Crippen LogP contribution in [0.1, 0.15) is 106 Å². The number of amides is 2. The molecule has 0 atom stereocenters. The molecule has 0 aliphatic heterocycles. The van der Waals surface area contributed by atoms with Crippen LogP contribution in [-0.2, 0) is 9.53 Å². The Bertz CT molecular complexity index is 1360. The largest absolute Gasteiger partial charge is 0.496 e. The lowest BCUT2D eigenvalue weighted by Crippen LogP contribution is -2.40. The van der Waals surface area contributed by atoms with E-state index in [4.69, 9.17) is 14.2 Å². The highest BCUT2D eigenvalue weighted by Crippen LogP contribution is 2.41. The van der Waals surface area contributed by atoms with Crippen molar-refractivity contribution in [3.05, 3.63) is 53.1 Å². The third kappa shape index (κ3) is 7.83. The first-order valence-electron chi connectivity index (χ1n) is 15.1. The molecule has 2 aromatic carbocycles. The van der Waals surface area contributed by atoms with E-state index in [9.17, 15) is 14.4 Å². The monoisotopic (exact) mass is 704 g/mol. The van der Waals surface area contributed by atoms with Crippen LogP contribution in [0.25, 0.3) is 0 Å². The molecule has 2 aliphatic rings. The summed E-state index contributed by atoms with van der Waals surface area (Å²) >= 11 is 1.95. The van der Waals surface area contributed by atoms with Crippen molar-refractivity contribution in [1.82, 2.24) is 5.32 Å². The van der Waals surface area contributed by atoms with Crippen LogP contribution >= 0.6 is 22.9 Å². The van der Waals surface area contributed by atoms with E-state index in [2.05, 4.69) is 12.2 Å². The summed E-state index contributed by atoms with van der Waals surface area (Å²) in [5.41, 5.74) is 1.20. The fourth-order valence-electron chi connectivity index (χ4n) is 5.65. The Balaban J connectivity index is 1.49. The number of methoxy groups -OCH3 is 1. The van der Waals surface area contributed by atoms with Gasteiger partial charge in [-0.2, -0.15) is 0 Å². The summed E-state index contributed by atoms with van der Waals surface area (Å²) < 4.78 is 19.2. The number of rotatable bonds is 9. The van der Waals surface area contributed by atoms with Crippen molar-refractivity contribution in [2.45, 2.75) is 98.2 Å². The molecule has 234 valence electrons. The minimum Gasteiger partial charge on any atom is -0.496 e. The molecule has 0 aromatic heterocycles. The topological polar surface area (TPSA) is 94.2 Å². The Labute approximate surface area is 269 Å². The first-order chi connectivity index (χ1) is 20.1. The second-order valence-electron chi connectivity index (χ2n) is 13.6. The fraction of sp³-hybridized carbons (Fsp3) is 0.559. The highest BCUT2D eigenvalue weighted by atomic mass is 127. The summed E-state index contributed by atoms with van der Waals surface area (Å²) in [6.07, 6.45) is 6.02. The van der Waals surface area contributed by atoms with Gasteiger partial charge in [0.05, 0.1) is 58.3 Å². The minimum atomic E-state index is -0.541. The SMILES string of the molecule is COc1cc(C)c(OC2CCC(C)(C(=O)OC(C)(C)C)CC2)cc1C(=O)N(I)c1ccccc1C(=O)NCC1(C)CCC1. The van der Waals surface area contributed by atoms with Crippen molar-refractivity contribution < 1.29 is 28.6 Å². The number of hydrogen-bond acceptors (Lipinski definition) is 6. The standard InChI is InChI=1S/C34H45IN2O6/c1-22-19-28(41-7)25(20-27(22)42-23-13-17-34(6,18-14-23)31(40)43-32(2,3)4)30(39)37(35)26-12-9-8-11-24(26)29(38)36-21-33(5)15-10-16-33/h8-9,11-12,19-20,23H,10,13-18,21H2,1-7H3,(H,36,38). The van der Waals surface area contributed by atoms with Gasteiger partial charge in [0.2, 0.25) is 0 Å². The third-order valence-electron chi connectivity index (χ3n) is 8.72. The van der Waals surface area contributed by atoms with Crippen LogP contribution in [0.2, 0.25) is 0 Å². The fourth-order valence-corrected chi connectivity index (χ4v) is 6.33. The maximum Gasteiger partial charge on any atom is 0.312 e. The molecule has 2 aromatic rings. The maximum atomic E-state index is 13.9. The normalized spacial score (nSPS) is 21.3. The molecule has 0 radical (unpaired) electrons. The molecule has 8 nitrogen and oxygen atoms in total. The number of halogens is 1. The van der Waals surface area contributed by atoms with Crippen LogP contribution in [0.4, 0.5) is 5.69 Å². The van der Waals surface area contributed by atoms with Crippen LogP contribution in [0.3, 0.4) is 0 Å². The first-order valence-corrected chi connectivity index (χ1v) is 16.1. The van der Waals surface area contributed by atoms with Crippen LogP contribution in [-0.4, -0.2) is 43.1 Å². The molecule has 0 heterocycles. The molecular weight excluding hydrogens is 659 g/mol. The number of esters is 1. The van der Waals surface area contributed by atoms with Gasteiger partial charge in [0.15, 0.2) is 0 Å². The molecular formula is C34H45IN2O6. The Morgan fingerprint density at radius 3 is 2.23 bits per heavy atom. The molecule has 0 bridgehead atoms. The van der Waals surface area contributed by atoms with Gasteiger partial charge in [0.1, 0.15) is 17.1 Å². The van der Waals surface area contributed by atoms with Crippen molar-refractivity contribution in [2.75, 3.05) is 16.8 Å². The van der Waals surface area contributed by atoms with Gasteiger partial charge in [0, 0.05) is 6.54 Å². The predicted molar refractivity (Wildman–Crippen MR) is 176 cm³/mol. The van der Waals surface area contributed by atoms with Crippen LogP contribution in [0, 0.1) is 17.8 Å². The molecule has 4 rings (SSSR count). The van der Waals surface area contributed by atoms with Gasteiger partial charge < -0.3 is 19.5 Å². The van der Waals surface area contributed by atoms with E-state index in [1.54, 1.807) is 30.3 Å². The van der Waals surface area contributed by atoms with Crippen molar-refractivity contribution in [1.29, 1.82) is 0 Å². The molecule has 2 saturated carbocycles. The molecule has 2 amide bonds. The Morgan fingerprint density at radius 1 is 1.00 bits per heavy atom. The molecule has 0 saturated heterocycles. The average Bonchev–Trinajstić information content (AvgIpc) is 2.95. The Hall–Kier alpha value is -2.82. The van der Waals surface area contributed by atoms with Crippen LogP contribution in [0.15, 0.2) is 36.4 Å². The summed E-state index contributed by atoms with van der Waals surface area (Å²) in [5, 5.41) is 3.07. The Kier molecular flexibility index (Phi) is 10.0. The number of nitrogens with zero attached hydrogens (tertiary/aromatic N) is 1. The third-order valence-corrected chi connectivity index (χ3v) is 9.68. The van der Waals surface area contributed by atoms with Gasteiger partial charge in [0.25, 0.3) is 11.8 Å². The number of hydrogen-bond donors (Lipinski definition) is 1. The molecule has 43 heavy (non-hydrogen) atoms. The highest BCUT2D eigenvalue weighted by Gasteiger charge is 2.41. The summed E-state index contributed by atoms with van der Waals surface area (Å²) in [5.74, 6) is 0.334. The lowest BCUT2D eigenvalue weighted by molar-refractivity contribution is -0.169. The second kappa shape index (κ2) is 13.0. The van der Waals surface area contributed by atoms with E-state index < -0.39 is 11.0 Å². The maximum absolute atomic E-state index is 13.9. The average molecular weight is 705 g/mol. The van der Waals surface area contributed by atoms with E-state index in [1.165, 1.54) is 16.6 Å². The summed E-state index contributed by atoms with van der Waals surface area (Å²) in [7, 11) is 1.53. The van der Waals surface area contributed by atoms with Crippen LogP contribution < -0.4 is 17.9 Å². The quantitative estimate of drug-likeness (QED) is 0.164. The van der Waals surface area contributed by atoms with E-state index >= 15 is 0 Å². The molecule has 1 N–H and O–H groups in total. The van der Waals surface area contributed by atoms with E-state index in [0.717, 1.165) is 18.4 Å². The van der Waals surface area contributed by atoms with Crippen LogP contribution in [0.5, 0.6) is 11.5 Å². The number of aryl methyl sites for hydroxylation is 1. The molecule has 9 heteroatoms. The molecule has 2 aliphatic carbocycles.